The SMILES string of the molecule is COC(C)(CNS(=O)C(C)(C)C)OC. The Morgan fingerprint density at radius 3 is 1.86 bits per heavy atom. The quantitative estimate of drug-likeness (QED) is 0.709. The van der Waals surface area contributed by atoms with Crippen molar-refractivity contribution in [2.45, 2.75) is 38.2 Å². The van der Waals surface area contributed by atoms with Crippen molar-refractivity contribution >= 4 is 11.0 Å². The lowest BCUT2D eigenvalue weighted by Gasteiger charge is -2.28. The number of hydrogen-bond acceptors (Lipinski definition) is 3. The molecule has 1 N–H and O–H groups in total. The molecule has 5 heteroatoms. The Morgan fingerprint density at radius 2 is 1.57 bits per heavy atom. The van der Waals surface area contributed by atoms with Gasteiger partial charge in [0.05, 0.1) is 22.3 Å². The molecule has 0 aliphatic carbocycles. The van der Waals surface area contributed by atoms with Crippen LogP contribution in [-0.4, -0.2) is 35.5 Å². The van der Waals surface area contributed by atoms with Gasteiger partial charge in [0.15, 0.2) is 5.79 Å². The Hall–Kier alpha value is 0.0300. The van der Waals surface area contributed by atoms with Gasteiger partial charge in [0.2, 0.25) is 0 Å². The molecule has 4 nitrogen and oxygen atoms in total. The third kappa shape index (κ3) is 4.50. The first-order chi connectivity index (χ1) is 6.25. The van der Waals surface area contributed by atoms with Gasteiger partial charge in [-0.1, -0.05) is 0 Å². The van der Waals surface area contributed by atoms with Gasteiger partial charge in [0, 0.05) is 14.2 Å². The lowest BCUT2D eigenvalue weighted by atomic mass is 10.3. The molecule has 0 fully saturated rings. The van der Waals surface area contributed by atoms with Crippen LogP contribution in [0.25, 0.3) is 0 Å². The number of ether oxygens (including phenoxy) is 2. The normalized spacial score (nSPS) is 15.6. The van der Waals surface area contributed by atoms with E-state index in [-0.39, 0.29) is 4.75 Å². The van der Waals surface area contributed by atoms with E-state index in [9.17, 15) is 4.21 Å². The maximum Gasteiger partial charge on any atom is 0.178 e. The van der Waals surface area contributed by atoms with E-state index in [4.69, 9.17) is 9.47 Å². The van der Waals surface area contributed by atoms with Crippen LogP contribution in [0.15, 0.2) is 0 Å². The molecule has 0 aromatic rings. The van der Waals surface area contributed by atoms with Crippen molar-refractivity contribution in [2.24, 2.45) is 0 Å². The van der Waals surface area contributed by atoms with Gasteiger partial charge in [0.1, 0.15) is 0 Å². The van der Waals surface area contributed by atoms with Gasteiger partial charge in [0.25, 0.3) is 0 Å². The molecule has 0 aliphatic rings. The summed E-state index contributed by atoms with van der Waals surface area (Å²) in [5, 5.41) is 0. The van der Waals surface area contributed by atoms with Gasteiger partial charge in [-0.25, -0.2) is 8.93 Å². The minimum absolute atomic E-state index is 0.275. The van der Waals surface area contributed by atoms with Crippen molar-refractivity contribution in [3.05, 3.63) is 0 Å². The second kappa shape index (κ2) is 5.21. The molecule has 0 spiro atoms. The highest BCUT2D eigenvalue weighted by molar-refractivity contribution is 7.84. The fourth-order valence-electron chi connectivity index (χ4n) is 0.641. The van der Waals surface area contributed by atoms with E-state index in [0.717, 1.165) is 0 Å². The first-order valence-electron chi connectivity index (χ1n) is 4.51. The third-order valence-corrected chi connectivity index (χ3v) is 3.46. The van der Waals surface area contributed by atoms with Crippen LogP contribution in [0.5, 0.6) is 0 Å². The Bertz CT molecular complexity index is 197. The summed E-state index contributed by atoms with van der Waals surface area (Å²) in [4.78, 5) is 0. The van der Waals surface area contributed by atoms with Crippen molar-refractivity contribution in [1.82, 2.24) is 4.72 Å². The van der Waals surface area contributed by atoms with Crippen LogP contribution < -0.4 is 4.72 Å². The molecule has 86 valence electrons. The molecule has 1 atom stereocenters. The van der Waals surface area contributed by atoms with E-state index in [1.54, 1.807) is 21.1 Å². The van der Waals surface area contributed by atoms with Crippen LogP contribution in [0.2, 0.25) is 0 Å². The van der Waals surface area contributed by atoms with Gasteiger partial charge >= 0.3 is 0 Å². The van der Waals surface area contributed by atoms with E-state index in [0.29, 0.717) is 6.54 Å². The molecule has 0 bridgehead atoms. The summed E-state index contributed by atoms with van der Waals surface area (Å²) in [6.07, 6.45) is 0. The fraction of sp³-hybridized carbons (Fsp3) is 1.00. The summed E-state index contributed by atoms with van der Waals surface area (Å²) in [5.41, 5.74) is 0. The van der Waals surface area contributed by atoms with Crippen molar-refractivity contribution in [1.29, 1.82) is 0 Å². The summed E-state index contributed by atoms with van der Waals surface area (Å²) in [5.74, 6) is -0.721. The molecule has 0 aromatic carbocycles. The molecule has 1 unspecified atom stereocenters. The van der Waals surface area contributed by atoms with Crippen molar-refractivity contribution in [2.75, 3.05) is 20.8 Å². The molecule has 0 saturated carbocycles. The zero-order valence-corrected chi connectivity index (χ0v) is 10.7. The van der Waals surface area contributed by atoms with E-state index < -0.39 is 16.8 Å². The second-order valence-corrected chi connectivity index (χ2v) is 6.30. The zero-order chi connectivity index (χ0) is 11.4. The van der Waals surface area contributed by atoms with Crippen molar-refractivity contribution < 1.29 is 13.7 Å². The zero-order valence-electron chi connectivity index (χ0n) is 9.84. The van der Waals surface area contributed by atoms with Gasteiger partial charge < -0.3 is 9.47 Å². The third-order valence-electron chi connectivity index (χ3n) is 1.94. The minimum Gasteiger partial charge on any atom is -0.352 e. The molecule has 0 saturated heterocycles. The van der Waals surface area contributed by atoms with Crippen molar-refractivity contribution in [3.8, 4) is 0 Å². The summed E-state index contributed by atoms with van der Waals surface area (Å²) >= 11 is 0. The summed E-state index contributed by atoms with van der Waals surface area (Å²) in [7, 11) is 2.02. The number of methoxy groups -OCH3 is 2. The number of hydrogen-bond donors (Lipinski definition) is 1. The summed E-state index contributed by atoms with van der Waals surface area (Å²) in [6.45, 7) is 7.91. The second-order valence-electron chi connectivity index (χ2n) is 4.24. The van der Waals surface area contributed by atoms with Crippen LogP contribution in [-0.2, 0) is 20.5 Å². The molecule has 0 aliphatic heterocycles. The molecule has 0 aromatic heterocycles. The average molecular weight is 223 g/mol. The van der Waals surface area contributed by atoms with E-state index in [2.05, 4.69) is 4.72 Å². The van der Waals surface area contributed by atoms with Crippen molar-refractivity contribution in [3.63, 3.8) is 0 Å². The van der Waals surface area contributed by atoms with Crippen LogP contribution in [0.1, 0.15) is 27.7 Å². The monoisotopic (exact) mass is 223 g/mol. The standard InChI is InChI=1S/C9H21NO3S/c1-8(2,3)14(11)10-7-9(4,12-5)13-6/h10H,7H2,1-6H3. The maximum absolute atomic E-state index is 11.6. The predicted molar refractivity (Wildman–Crippen MR) is 58.3 cm³/mol. The minimum atomic E-state index is -1.10. The first-order valence-corrected chi connectivity index (χ1v) is 5.66. The smallest absolute Gasteiger partial charge is 0.178 e. The largest absolute Gasteiger partial charge is 0.352 e. The molecular formula is C9H21NO3S. The van der Waals surface area contributed by atoms with Crippen LogP contribution in [0.4, 0.5) is 0 Å². The molecule has 0 rings (SSSR count). The summed E-state index contributed by atoms with van der Waals surface area (Å²) in [6, 6.07) is 0. The Kier molecular flexibility index (Phi) is 5.22. The lowest BCUT2D eigenvalue weighted by molar-refractivity contribution is -0.186. The lowest BCUT2D eigenvalue weighted by Crippen LogP contribution is -2.45. The Labute approximate surface area is 88.9 Å². The molecular weight excluding hydrogens is 202 g/mol. The van der Waals surface area contributed by atoms with Gasteiger partial charge in [-0.3, -0.25) is 0 Å². The van der Waals surface area contributed by atoms with E-state index in [1.807, 2.05) is 20.8 Å². The van der Waals surface area contributed by atoms with Crippen LogP contribution in [0, 0.1) is 0 Å². The number of rotatable bonds is 5. The average Bonchev–Trinajstić information content (AvgIpc) is 2.12. The Morgan fingerprint density at radius 1 is 1.14 bits per heavy atom. The maximum atomic E-state index is 11.6. The van der Waals surface area contributed by atoms with Crippen LogP contribution >= 0.6 is 0 Å². The van der Waals surface area contributed by atoms with E-state index in [1.165, 1.54) is 0 Å². The molecule has 14 heavy (non-hydrogen) atoms. The highest BCUT2D eigenvalue weighted by Crippen LogP contribution is 2.12. The predicted octanol–water partition coefficient (Wildman–Crippen LogP) is 1.05. The highest BCUT2D eigenvalue weighted by atomic mass is 32.2. The van der Waals surface area contributed by atoms with Gasteiger partial charge in [-0.15, -0.1) is 0 Å². The topological polar surface area (TPSA) is 47.6 Å². The van der Waals surface area contributed by atoms with E-state index >= 15 is 0 Å². The molecule has 0 radical (unpaired) electrons. The molecule has 0 amide bonds. The van der Waals surface area contributed by atoms with Crippen LogP contribution in [0.3, 0.4) is 0 Å². The van der Waals surface area contributed by atoms with Gasteiger partial charge in [-0.05, 0) is 27.7 Å². The molecule has 0 heterocycles. The van der Waals surface area contributed by atoms with Gasteiger partial charge in [-0.2, -0.15) is 0 Å². The number of nitrogens with one attached hydrogen (secondary N) is 1. The first kappa shape index (κ1) is 14.0. The Balaban J connectivity index is 4.12. The summed E-state index contributed by atoms with van der Waals surface area (Å²) < 4.78 is 24.5. The highest BCUT2D eigenvalue weighted by Gasteiger charge is 2.26. The fourth-order valence-corrected chi connectivity index (χ4v) is 1.47.